The van der Waals surface area contributed by atoms with E-state index in [4.69, 9.17) is 4.42 Å². The largest absolute Gasteiger partial charge is 0.464 e. The number of hydrogen-bond donors (Lipinski definition) is 1. The minimum atomic E-state index is -0.407. The van der Waals surface area contributed by atoms with Crippen molar-refractivity contribution in [2.75, 3.05) is 6.54 Å². The Hall–Kier alpha value is -2.56. The maximum atomic E-state index is 12.5. The number of carbonyl (C=O) groups excluding carboxylic acids is 2. The quantitative estimate of drug-likeness (QED) is 0.879. The lowest BCUT2D eigenvalue weighted by Crippen LogP contribution is -2.44. The minimum absolute atomic E-state index is 0.00716. The molecule has 132 valence electrons. The fourth-order valence-corrected chi connectivity index (χ4v) is 3.15. The van der Waals surface area contributed by atoms with Crippen LogP contribution in [0.3, 0.4) is 0 Å². The van der Waals surface area contributed by atoms with E-state index >= 15 is 0 Å². The van der Waals surface area contributed by atoms with Crippen molar-refractivity contribution in [2.24, 2.45) is 0 Å². The highest BCUT2D eigenvalue weighted by Gasteiger charge is 2.36. The van der Waals surface area contributed by atoms with Crippen LogP contribution in [0.15, 0.2) is 40.8 Å². The highest BCUT2D eigenvalue weighted by atomic mass is 16.3. The van der Waals surface area contributed by atoms with E-state index in [1.54, 1.807) is 4.90 Å². The number of benzene rings is 1. The number of rotatable bonds is 6. The van der Waals surface area contributed by atoms with Crippen LogP contribution in [0.2, 0.25) is 0 Å². The Bertz CT molecular complexity index is 749. The molecule has 1 fully saturated rings. The Balaban J connectivity index is 1.54. The van der Waals surface area contributed by atoms with Gasteiger partial charge in [0.2, 0.25) is 11.8 Å². The van der Waals surface area contributed by atoms with Crippen molar-refractivity contribution in [3.63, 3.8) is 0 Å². The van der Waals surface area contributed by atoms with E-state index in [2.05, 4.69) is 36.5 Å². The van der Waals surface area contributed by atoms with E-state index < -0.39 is 6.04 Å². The molecule has 5 heteroatoms. The zero-order chi connectivity index (χ0) is 17.8. The van der Waals surface area contributed by atoms with Crippen LogP contribution in [0, 0.1) is 13.8 Å². The molecule has 0 unspecified atom stereocenters. The summed E-state index contributed by atoms with van der Waals surface area (Å²) in [6.45, 7) is 4.84. The van der Waals surface area contributed by atoms with E-state index in [9.17, 15) is 9.59 Å². The van der Waals surface area contributed by atoms with Crippen molar-refractivity contribution in [1.29, 1.82) is 0 Å². The Kier molecular flexibility index (Phi) is 5.22. The van der Waals surface area contributed by atoms with Gasteiger partial charge >= 0.3 is 0 Å². The molecule has 3 rings (SSSR count). The molecule has 2 aromatic rings. The van der Waals surface area contributed by atoms with Crippen molar-refractivity contribution in [3.05, 3.63) is 59.0 Å². The van der Waals surface area contributed by atoms with Gasteiger partial charge in [0.25, 0.3) is 0 Å². The average molecular weight is 340 g/mol. The van der Waals surface area contributed by atoms with Gasteiger partial charge in [0, 0.05) is 13.0 Å². The summed E-state index contributed by atoms with van der Waals surface area (Å²) < 4.78 is 5.54. The number of aryl methyl sites for hydroxylation is 2. The Morgan fingerprint density at radius 3 is 2.64 bits per heavy atom. The summed E-state index contributed by atoms with van der Waals surface area (Å²) >= 11 is 0. The van der Waals surface area contributed by atoms with Gasteiger partial charge in [-0.05, 0) is 44.4 Å². The number of amides is 2. The second-order valence-corrected chi connectivity index (χ2v) is 6.62. The zero-order valence-corrected chi connectivity index (χ0v) is 14.7. The molecular weight excluding hydrogens is 316 g/mol. The summed E-state index contributed by atoms with van der Waals surface area (Å²) in [6, 6.07) is 11.6. The second kappa shape index (κ2) is 7.55. The van der Waals surface area contributed by atoms with Crippen molar-refractivity contribution >= 4 is 11.8 Å². The normalized spacial score (nSPS) is 17.1. The van der Waals surface area contributed by atoms with Crippen LogP contribution in [-0.4, -0.2) is 29.3 Å². The molecule has 0 spiro atoms. The van der Waals surface area contributed by atoms with Gasteiger partial charge in [-0.25, -0.2) is 0 Å². The van der Waals surface area contributed by atoms with E-state index in [0.717, 1.165) is 12.2 Å². The predicted molar refractivity (Wildman–Crippen MR) is 94.9 cm³/mol. The van der Waals surface area contributed by atoms with E-state index in [-0.39, 0.29) is 11.8 Å². The maximum absolute atomic E-state index is 12.5. The van der Waals surface area contributed by atoms with Crippen LogP contribution in [0.4, 0.5) is 0 Å². The first-order chi connectivity index (χ1) is 12.0. The molecule has 25 heavy (non-hydrogen) atoms. The predicted octanol–water partition coefficient (Wildman–Crippen LogP) is 2.75. The average Bonchev–Trinajstić information content (AvgIpc) is 3.16. The van der Waals surface area contributed by atoms with Crippen molar-refractivity contribution in [1.82, 2.24) is 10.2 Å². The van der Waals surface area contributed by atoms with Crippen LogP contribution in [0.1, 0.15) is 35.5 Å². The lowest BCUT2D eigenvalue weighted by atomic mass is 10.1. The van der Waals surface area contributed by atoms with Crippen LogP contribution < -0.4 is 5.32 Å². The fraction of sp³-hybridized carbons (Fsp3) is 0.400. The van der Waals surface area contributed by atoms with Gasteiger partial charge in [-0.3, -0.25) is 9.59 Å². The summed E-state index contributed by atoms with van der Waals surface area (Å²) in [5.74, 6) is 1.44. The Morgan fingerprint density at radius 1 is 1.20 bits per heavy atom. The van der Waals surface area contributed by atoms with E-state index in [1.807, 2.05) is 19.1 Å². The van der Waals surface area contributed by atoms with Crippen LogP contribution in [0.5, 0.6) is 0 Å². The van der Waals surface area contributed by atoms with Crippen molar-refractivity contribution in [2.45, 2.75) is 45.7 Å². The summed E-state index contributed by atoms with van der Waals surface area (Å²) in [4.78, 5) is 26.3. The van der Waals surface area contributed by atoms with Gasteiger partial charge in [-0.2, -0.15) is 0 Å². The standard InChI is InChI=1S/C20H24N2O3/c1-14-3-6-16(7-4-14)11-12-21-20(24)18-9-10-19(23)22(18)13-17-8-5-15(2)25-17/h3-8,18H,9-13H2,1-2H3,(H,21,24)/t18-/m1/s1. The van der Waals surface area contributed by atoms with Crippen LogP contribution >= 0.6 is 0 Å². The number of nitrogens with one attached hydrogen (secondary N) is 1. The molecule has 1 atom stereocenters. The number of carbonyl (C=O) groups is 2. The third kappa shape index (κ3) is 4.29. The number of likely N-dealkylation sites (tertiary alicyclic amines) is 1. The van der Waals surface area contributed by atoms with E-state index in [1.165, 1.54) is 11.1 Å². The maximum Gasteiger partial charge on any atom is 0.242 e. The number of nitrogens with zero attached hydrogens (tertiary/aromatic N) is 1. The first kappa shape index (κ1) is 17.3. The van der Waals surface area contributed by atoms with Gasteiger partial charge in [0.05, 0.1) is 6.54 Å². The van der Waals surface area contributed by atoms with Gasteiger partial charge < -0.3 is 14.6 Å². The molecule has 0 bridgehead atoms. The summed E-state index contributed by atoms with van der Waals surface area (Å²) in [6.07, 6.45) is 1.76. The van der Waals surface area contributed by atoms with Crippen molar-refractivity contribution < 1.29 is 14.0 Å². The van der Waals surface area contributed by atoms with Gasteiger partial charge in [0.15, 0.2) is 0 Å². The third-order valence-corrected chi connectivity index (χ3v) is 4.59. The topological polar surface area (TPSA) is 62.6 Å². The number of hydrogen-bond acceptors (Lipinski definition) is 3. The molecular formula is C20H24N2O3. The molecule has 0 radical (unpaired) electrons. The van der Waals surface area contributed by atoms with Gasteiger partial charge in [-0.15, -0.1) is 0 Å². The highest BCUT2D eigenvalue weighted by Crippen LogP contribution is 2.22. The molecule has 2 amide bonds. The summed E-state index contributed by atoms with van der Waals surface area (Å²) in [7, 11) is 0. The zero-order valence-electron chi connectivity index (χ0n) is 14.7. The molecule has 1 saturated heterocycles. The lowest BCUT2D eigenvalue weighted by molar-refractivity contribution is -0.136. The highest BCUT2D eigenvalue weighted by molar-refractivity contribution is 5.90. The fourth-order valence-electron chi connectivity index (χ4n) is 3.15. The van der Waals surface area contributed by atoms with Gasteiger partial charge in [0.1, 0.15) is 17.6 Å². The Labute approximate surface area is 148 Å². The molecule has 1 aromatic heterocycles. The molecule has 1 aliphatic rings. The summed E-state index contributed by atoms with van der Waals surface area (Å²) in [5, 5.41) is 2.97. The monoisotopic (exact) mass is 340 g/mol. The summed E-state index contributed by atoms with van der Waals surface area (Å²) in [5.41, 5.74) is 2.41. The molecule has 5 nitrogen and oxygen atoms in total. The smallest absolute Gasteiger partial charge is 0.242 e. The lowest BCUT2D eigenvalue weighted by Gasteiger charge is -2.23. The SMILES string of the molecule is Cc1ccc(CCNC(=O)[C@H]2CCC(=O)N2Cc2ccc(C)o2)cc1. The number of furan rings is 1. The van der Waals surface area contributed by atoms with Crippen LogP contribution in [-0.2, 0) is 22.6 Å². The molecule has 0 aliphatic carbocycles. The van der Waals surface area contributed by atoms with Crippen LogP contribution in [0.25, 0.3) is 0 Å². The molecule has 1 aromatic carbocycles. The van der Waals surface area contributed by atoms with Gasteiger partial charge in [-0.1, -0.05) is 29.8 Å². The minimum Gasteiger partial charge on any atom is -0.464 e. The molecule has 0 saturated carbocycles. The third-order valence-electron chi connectivity index (χ3n) is 4.59. The molecule has 2 heterocycles. The van der Waals surface area contributed by atoms with Crippen molar-refractivity contribution in [3.8, 4) is 0 Å². The van der Waals surface area contributed by atoms with E-state index in [0.29, 0.717) is 31.7 Å². The molecule has 1 N–H and O–H groups in total. The Morgan fingerprint density at radius 2 is 1.96 bits per heavy atom. The molecule has 1 aliphatic heterocycles. The second-order valence-electron chi connectivity index (χ2n) is 6.62. The first-order valence-electron chi connectivity index (χ1n) is 8.71. The first-order valence-corrected chi connectivity index (χ1v) is 8.71.